The molecule has 1 fully saturated rings. The van der Waals surface area contributed by atoms with Gasteiger partial charge in [-0.05, 0) is 61.5 Å². The van der Waals surface area contributed by atoms with Gasteiger partial charge in [-0.3, -0.25) is 9.59 Å². The molecule has 0 radical (unpaired) electrons. The number of piperidine rings is 1. The van der Waals surface area contributed by atoms with Gasteiger partial charge in [0.2, 0.25) is 0 Å². The Morgan fingerprint density at radius 3 is 2.21 bits per heavy atom. The summed E-state index contributed by atoms with van der Waals surface area (Å²) in [7, 11) is 2.00. The summed E-state index contributed by atoms with van der Waals surface area (Å²) in [5.74, 6) is -1.15. The maximum absolute atomic E-state index is 13.7. The van der Waals surface area contributed by atoms with Gasteiger partial charge in [-0.1, -0.05) is 52.0 Å². The van der Waals surface area contributed by atoms with Crippen LogP contribution in [-0.2, 0) is 4.74 Å². The summed E-state index contributed by atoms with van der Waals surface area (Å²) in [6.07, 6.45) is 1.53. The van der Waals surface area contributed by atoms with Crippen LogP contribution in [0.1, 0.15) is 94.6 Å². The van der Waals surface area contributed by atoms with E-state index in [0.717, 1.165) is 30.5 Å². The van der Waals surface area contributed by atoms with Crippen molar-refractivity contribution in [2.24, 2.45) is 0 Å². The lowest BCUT2D eigenvalue weighted by molar-refractivity contribution is 0.0107. The lowest BCUT2D eigenvalue weighted by Gasteiger charge is -2.29. The lowest BCUT2D eigenvalue weighted by atomic mass is 9.92. The van der Waals surface area contributed by atoms with Crippen LogP contribution in [0.25, 0.3) is 0 Å². The Balaban J connectivity index is 1.75. The topological polar surface area (TPSA) is 66.9 Å². The number of nitrogens with zero attached hydrogens (tertiary/aromatic N) is 2. The van der Waals surface area contributed by atoms with Crippen molar-refractivity contribution in [3.05, 3.63) is 64.2 Å². The van der Waals surface area contributed by atoms with Crippen molar-refractivity contribution in [1.29, 1.82) is 0 Å². The fourth-order valence-electron chi connectivity index (χ4n) is 4.86. The number of benzene rings is 2. The second kappa shape index (κ2) is 9.10. The standard InChI is InChI=1S/C27H32N2O4/c1-16(2)19-10-6-11-20(17(3)4)24(19)29-25(30)21-12-7-13-22(23(21)26(29)31)27(32)33-18-9-8-14-28(5)15-18/h6-7,10-13,16-18H,8-9,14-15H2,1-5H3. The van der Waals surface area contributed by atoms with E-state index in [0.29, 0.717) is 12.2 Å². The summed E-state index contributed by atoms with van der Waals surface area (Å²) in [6, 6.07) is 10.7. The SMILES string of the molecule is CC(C)c1cccc(C(C)C)c1N1C(=O)c2cccc(C(=O)OC3CCCN(C)C3)c2C1=O. The molecule has 6 heteroatoms. The van der Waals surface area contributed by atoms with Crippen LogP contribution in [0.3, 0.4) is 0 Å². The molecule has 0 bridgehead atoms. The van der Waals surface area contributed by atoms with Crippen LogP contribution in [0.15, 0.2) is 36.4 Å². The van der Waals surface area contributed by atoms with Gasteiger partial charge in [0.1, 0.15) is 6.10 Å². The number of carbonyl (C=O) groups excluding carboxylic acids is 3. The van der Waals surface area contributed by atoms with Gasteiger partial charge in [0, 0.05) is 6.54 Å². The Morgan fingerprint density at radius 2 is 1.61 bits per heavy atom. The van der Waals surface area contributed by atoms with Crippen LogP contribution in [0.4, 0.5) is 5.69 Å². The van der Waals surface area contributed by atoms with Crippen LogP contribution in [-0.4, -0.2) is 48.9 Å². The molecule has 174 valence electrons. The molecule has 0 aliphatic carbocycles. The quantitative estimate of drug-likeness (QED) is 0.476. The van der Waals surface area contributed by atoms with E-state index in [-0.39, 0.29) is 34.6 Å². The molecule has 2 aromatic rings. The molecule has 2 heterocycles. The van der Waals surface area contributed by atoms with Crippen molar-refractivity contribution in [3.63, 3.8) is 0 Å². The number of likely N-dealkylation sites (N-methyl/N-ethyl adjacent to an activating group) is 1. The summed E-state index contributed by atoms with van der Waals surface area (Å²) in [5, 5.41) is 0. The number of hydrogen-bond donors (Lipinski definition) is 0. The minimum atomic E-state index is -0.545. The van der Waals surface area contributed by atoms with Gasteiger partial charge in [-0.2, -0.15) is 0 Å². The maximum atomic E-state index is 13.7. The number of ether oxygens (including phenoxy) is 1. The molecule has 2 amide bonds. The molecule has 0 spiro atoms. The van der Waals surface area contributed by atoms with E-state index in [1.54, 1.807) is 18.2 Å². The number of hydrogen-bond acceptors (Lipinski definition) is 5. The Morgan fingerprint density at radius 1 is 0.970 bits per heavy atom. The summed E-state index contributed by atoms with van der Waals surface area (Å²) >= 11 is 0. The van der Waals surface area contributed by atoms with Crippen LogP contribution >= 0.6 is 0 Å². The van der Waals surface area contributed by atoms with E-state index in [2.05, 4.69) is 4.90 Å². The second-order valence-electron chi connectivity index (χ2n) is 9.70. The van der Waals surface area contributed by atoms with E-state index < -0.39 is 17.8 Å². The van der Waals surface area contributed by atoms with Gasteiger partial charge >= 0.3 is 5.97 Å². The average molecular weight is 449 g/mol. The lowest BCUT2D eigenvalue weighted by Crippen LogP contribution is -2.38. The summed E-state index contributed by atoms with van der Waals surface area (Å²) < 4.78 is 5.76. The Kier molecular flexibility index (Phi) is 6.39. The molecule has 1 atom stereocenters. The molecular formula is C27H32N2O4. The third-order valence-electron chi connectivity index (χ3n) is 6.56. The molecule has 2 aromatic carbocycles. The third kappa shape index (κ3) is 4.20. The average Bonchev–Trinajstić information content (AvgIpc) is 3.03. The van der Waals surface area contributed by atoms with Gasteiger partial charge < -0.3 is 9.64 Å². The van der Waals surface area contributed by atoms with Crippen molar-refractivity contribution in [3.8, 4) is 0 Å². The van der Waals surface area contributed by atoms with Crippen LogP contribution in [0, 0.1) is 0 Å². The third-order valence-corrected chi connectivity index (χ3v) is 6.56. The zero-order chi connectivity index (χ0) is 23.9. The molecule has 4 rings (SSSR count). The molecule has 2 aliphatic rings. The van der Waals surface area contributed by atoms with E-state index in [9.17, 15) is 14.4 Å². The van der Waals surface area contributed by atoms with E-state index in [1.807, 2.05) is 52.9 Å². The molecule has 0 saturated carbocycles. The Labute approximate surface area is 195 Å². The number of imide groups is 1. The van der Waals surface area contributed by atoms with Gasteiger partial charge in [-0.25, -0.2) is 9.69 Å². The number of rotatable bonds is 5. The van der Waals surface area contributed by atoms with Crippen molar-refractivity contribution >= 4 is 23.5 Å². The minimum absolute atomic E-state index is 0.121. The highest BCUT2D eigenvalue weighted by Crippen LogP contribution is 2.40. The normalized spacial score (nSPS) is 18.9. The first-order valence-electron chi connectivity index (χ1n) is 11.7. The van der Waals surface area contributed by atoms with Gasteiger partial charge in [0.15, 0.2) is 0 Å². The fraction of sp³-hybridized carbons (Fsp3) is 0.444. The Bertz CT molecular complexity index is 1080. The number of likely N-dealkylation sites (tertiary alicyclic amines) is 1. The highest BCUT2D eigenvalue weighted by Gasteiger charge is 2.42. The number of anilines is 1. The molecule has 0 N–H and O–H groups in total. The highest BCUT2D eigenvalue weighted by atomic mass is 16.5. The number of fused-ring (bicyclic) bond motifs is 1. The second-order valence-corrected chi connectivity index (χ2v) is 9.70. The first-order valence-corrected chi connectivity index (χ1v) is 11.7. The van der Waals surface area contributed by atoms with E-state index >= 15 is 0 Å². The molecular weight excluding hydrogens is 416 g/mol. The molecule has 6 nitrogen and oxygen atoms in total. The molecule has 0 aromatic heterocycles. The van der Waals surface area contributed by atoms with E-state index in [4.69, 9.17) is 4.74 Å². The van der Waals surface area contributed by atoms with Crippen molar-refractivity contribution < 1.29 is 19.1 Å². The monoisotopic (exact) mass is 448 g/mol. The predicted molar refractivity (Wildman–Crippen MR) is 128 cm³/mol. The first kappa shape index (κ1) is 23.2. The van der Waals surface area contributed by atoms with E-state index in [1.165, 1.54) is 4.90 Å². The number of esters is 1. The van der Waals surface area contributed by atoms with Crippen LogP contribution in [0.5, 0.6) is 0 Å². The van der Waals surface area contributed by atoms with Crippen LogP contribution in [0.2, 0.25) is 0 Å². The predicted octanol–water partition coefficient (Wildman–Crippen LogP) is 4.99. The van der Waals surface area contributed by atoms with Crippen LogP contribution < -0.4 is 4.90 Å². The first-order chi connectivity index (χ1) is 15.7. The minimum Gasteiger partial charge on any atom is -0.457 e. The van der Waals surface area contributed by atoms with Crippen molar-refractivity contribution in [2.75, 3.05) is 25.0 Å². The Hall–Kier alpha value is -2.99. The molecule has 2 aliphatic heterocycles. The van der Waals surface area contributed by atoms with Gasteiger partial charge in [0.05, 0.1) is 22.4 Å². The largest absolute Gasteiger partial charge is 0.457 e. The van der Waals surface area contributed by atoms with Gasteiger partial charge in [-0.15, -0.1) is 0 Å². The molecule has 33 heavy (non-hydrogen) atoms. The van der Waals surface area contributed by atoms with Crippen molar-refractivity contribution in [1.82, 2.24) is 4.90 Å². The summed E-state index contributed by atoms with van der Waals surface area (Å²) in [4.78, 5) is 43.7. The fourth-order valence-corrected chi connectivity index (χ4v) is 4.86. The number of para-hydroxylation sites is 1. The zero-order valence-electron chi connectivity index (χ0n) is 20.1. The molecule has 1 saturated heterocycles. The summed E-state index contributed by atoms with van der Waals surface area (Å²) in [6.45, 7) is 9.83. The van der Waals surface area contributed by atoms with Crippen molar-refractivity contribution in [2.45, 2.75) is 58.5 Å². The summed E-state index contributed by atoms with van der Waals surface area (Å²) in [5.41, 5.74) is 3.07. The molecule has 1 unspecified atom stereocenters. The smallest absolute Gasteiger partial charge is 0.339 e. The zero-order valence-corrected chi connectivity index (χ0v) is 20.1. The highest BCUT2D eigenvalue weighted by molar-refractivity contribution is 6.36. The number of amides is 2. The number of carbonyl (C=O) groups is 3. The van der Waals surface area contributed by atoms with Gasteiger partial charge in [0.25, 0.3) is 11.8 Å². The maximum Gasteiger partial charge on any atom is 0.339 e.